The zero-order chi connectivity index (χ0) is 17.3. The Hall–Kier alpha value is -2.44. The molecule has 1 saturated carbocycles. The summed E-state index contributed by atoms with van der Waals surface area (Å²) in [4.78, 5) is 36.3. The SMILES string of the molecule is O=C(Nc1cccnc1)C1=NOC2(CCCN(C(=O)CC3CC3)C2)C1. The molecular formula is C18H22N4O3. The predicted molar refractivity (Wildman–Crippen MR) is 91.9 cm³/mol. The minimum atomic E-state index is -0.543. The van der Waals surface area contributed by atoms with Gasteiger partial charge < -0.3 is 15.1 Å². The van der Waals surface area contributed by atoms with E-state index in [4.69, 9.17) is 4.84 Å². The highest BCUT2D eigenvalue weighted by Gasteiger charge is 2.45. The molecule has 1 atom stereocenters. The fraction of sp³-hybridized carbons (Fsp3) is 0.556. The topological polar surface area (TPSA) is 83.9 Å². The lowest BCUT2D eigenvalue weighted by Crippen LogP contribution is -2.50. The Morgan fingerprint density at radius 1 is 1.40 bits per heavy atom. The molecular weight excluding hydrogens is 320 g/mol. The molecule has 1 aromatic rings. The van der Waals surface area contributed by atoms with Gasteiger partial charge >= 0.3 is 0 Å². The van der Waals surface area contributed by atoms with Crippen LogP contribution in [0.3, 0.4) is 0 Å². The molecule has 3 heterocycles. The van der Waals surface area contributed by atoms with Crippen molar-refractivity contribution in [3.05, 3.63) is 24.5 Å². The first-order valence-corrected chi connectivity index (χ1v) is 8.88. The van der Waals surface area contributed by atoms with E-state index in [1.165, 1.54) is 12.8 Å². The number of amides is 2. The largest absolute Gasteiger partial charge is 0.386 e. The van der Waals surface area contributed by atoms with Gasteiger partial charge in [0, 0.05) is 25.6 Å². The minimum absolute atomic E-state index is 0.207. The summed E-state index contributed by atoms with van der Waals surface area (Å²) in [5.74, 6) is 0.511. The minimum Gasteiger partial charge on any atom is -0.386 e. The number of pyridine rings is 1. The van der Waals surface area contributed by atoms with E-state index in [2.05, 4.69) is 15.5 Å². The maximum absolute atomic E-state index is 12.4. The third-order valence-electron chi connectivity index (χ3n) is 5.07. The number of piperidine rings is 1. The zero-order valence-corrected chi connectivity index (χ0v) is 14.1. The summed E-state index contributed by atoms with van der Waals surface area (Å²) >= 11 is 0. The van der Waals surface area contributed by atoms with Gasteiger partial charge in [0.15, 0.2) is 5.60 Å². The van der Waals surface area contributed by atoms with Crippen LogP contribution < -0.4 is 5.32 Å². The number of carbonyl (C=O) groups is 2. The second kappa shape index (κ2) is 6.46. The molecule has 4 rings (SSSR count). The Bertz CT molecular complexity index is 702. The van der Waals surface area contributed by atoms with Gasteiger partial charge in [0.1, 0.15) is 5.71 Å². The van der Waals surface area contributed by atoms with Crippen LogP contribution in [0.2, 0.25) is 0 Å². The Kier molecular flexibility index (Phi) is 4.15. The third kappa shape index (κ3) is 3.65. The van der Waals surface area contributed by atoms with Crippen LogP contribution in [0.25, 0.3) is 0 Å². The molecule has 25 heavy (non-hydrogen) atoms. The molecule has 7 heteroatoms. The van der Waals surface area contributed by atoms with Gasteiger partial charge in [0.25, 0.3) is 5.91 Å². The van der Waals surface area contributed by atoms with Gasteiger partial charge in [-0.15, -0.1) is 0 Å². The van der Waals surface area contributed by atoms with E-state index in [9.17, 15) is 9.59 Å². The third-order valence-corrected chi connectivity index (χ3v) is 5.07. The molecule has 0 aromatic carbocycles. The number of anilines is 1. The van der Waals surface area contributed by atoms with Crippen LogP contribution in [0.4, 0.5) is 5.69 Å². The Morgan fingerprint density at radius 2 is 2.28 bits per heavy atom. The number of oxime groups is 1. The standard InChI is InChI=1S/C18H22N4O3/c23-16(9-13-4-5-13)22-8-2-6-18(12-22)10-15(21-25-18)17(24)20-14-3-1-7-19-11-14/h1,3,7,11,13H,2,4-6,8-10,12H2,(H,20,24). The van der Waals surface area contributed by atoms with Crippen LogP contribution >= 0.6 is 0 Å². The van der Waals surface area contributed by atoms with Gasteiger partial charge in [-0.3, -0.25) is 14.6 Å². The number of aromatic nitrogens is 1. The number of rotatable bonds is 4. The van der Waals surface area contributed by atoms with E-state index in [-0.39, 0.29) is 11.8 Å². The molecule has 1 unspecified atom stereocenters. The molecule has 0 radical (unpaired) electrons. The second-order valence-corrected chi connectivity index (χ2v) is 7.25. The fourth-order valence-corrected chi connectivity index (χ4v) is 3.51. The molecule has 1 aliphatic carbocycles. The molecule has 1 saturated heterocycles. The summed E-state index contributed by atoms with van der Waals surface area (Å²) in [6.45, 7) is 1.29. The van der Waals surface area contributed by atoms with Crippen LogP contribution in [0.15, 0.2) is 29.7 Å². The van der Waals surface area contributed by atoms with Crippen molar-refractivity contribution in [3.63, 3.8) is 0 Å². The predicted octanol–water partition coefficient (Wildman–Crippen LogP) is 1.96. The van der Waals surface area contributed by atoms with Crippen LogP contribution in [-0.2, 0) is 14.4 Å². The van der Waals surface area contributed by atoms with E-state index in [0.717, 1.165) is 19.4 Å². The number of carbonyl (C=O) groups excluding carboxylic acids is 2. The maximum Gasteiger partial charge on any atom is 0.273 e. The Balaban J connectivity index is 1.36. The van der Waals surface area contributed by atoms with Crippen molar-refractivity contribution in [1.29, 1.82) is 0 Å². The quantitative estimate of drug-likeness (QED) is 0.906. The van der Waals surface area contributed by atoms with E-state index in [0.29, 0.717) is 36.7 Å². The number of hydrogen-bond acceptors (Lipinski definition) is 5. The first-order valence-electron chi connectivity index (χ1n) is 8.88. The molecule has 7 nitrogen and oxygen atoms in total. The molecule has 2 amide bonds. The van der Waals surface area contributed by atoms with Crippen LogP contribution in [0.5, 0.6) is 0 Å². The molecule has 2 aliphatic heterocycles. The van der Waals surface area contributed by atoms with Crippen molar-refractivity contribution in [2.75, 3.05) is 18.4 Å². The van der Waals surface area contributed by atoms with Gasteiger partial charge in [-0.2, -0.15) is 0 Å². The summed E-state index contributed by atoms with van der Waals surface area (Å²) in [5.41, 5.74) is 0.459. The highest BCUT2D eigenvalue weighted by molar-refractivity contribution is 6.43. The molecule has 1 aromatic heterocycles. The van der Waals surface area contributed by atoms with Crippen LogP contribution in [0.1, 0.15) is 38.5 Å². The van der Waals surface area contributed by atoms with Crippen molar-refractivity contribution >= 4 is 23.2 Å². The molecule has 0 bridgehead atoms. The van der Waals surface area contributed by atoms with Gasteiger partial charge in [-0.25, -0.2) is 0 Å². The first-order chi connectivity index (χ1) is 12.1. The average molecular weight is 342 g/mol. The number of nitrogens with zero attached hydrogens (tertiary/aromatic N) is 3. The Labute approximate surface area is 146 Å². The maximum atomic E-state index is 12.4. The summed E-state index contributed by atoms with van der Waals surface area (Å²) in [5, 5.41) is 6.80. The molecule has 132 valence electrons. The lowest BCUT2D eigenvalue weighted by Gasteiger charge is -2.38. The van der Waals surface area contributed by atoms with E-state index < -0.39 is 5.60 Å². The van der Waals surface area contributed by atoms with Gasteiger partial charge in [-0.1, -0.05) is 5.16 Å². The number of likely N-dealkylation sites (tertiary alicyclic amines) is 1. The summed E-state index contributed by atoms with van der Waals surface area (Å²) < 4.78 is 0. The van der Waals surface area contributed by atoms with Crippen molar-refractivity contribution in [2.45, 2.75) is 44.1 Å². The van der Waals surface area contributed by atoms with Gasteiger partial charge in [0.2, 0.25) is 5.91 Å². The van der Waals surface area contributed by atoms with Gasteiger partial charge in [-0.05, 0) is 43.7 Å². The molecule has 2 fully saturated rings. The fourth-order valence-electron chi connectivity index (χ4n) is 3.51. The second-order valence-electron chi connectivity index (χ2n) is 7.25. The zero-order valence-electron chi connectivity index (χ0n) is 14.1. The summed E-state index contributed by atoms with van der Waals surface area (Å²) in [6.07, 6.45) is 8.35. The highest BCUT2D eigenvalue weighted by atomic mass is 16.7. The average Bonchev–Trinajstić information content (AvgIpc) is 3.35. The Morgan fingerprint density at radius 3 is 3.04 bits per heavy atom. The van der Waals surface area contributed by atoms with Crippen LogP contribution in [0, 0.1) is 5.92 Å². The van der Waals surface area contributed by atoms with Crippen molar-refractivity contribution in [2.24, 2.45) is 11.1 Å². The van der Waals surface area contributed by atoms with E-state index in [1.807, 2.05) is 4.90 Å². The van der Waals surface area contributed by atoms with E-state index >= 15 is 0 Å². The summed E-state index contributed by atoms with van der Waals surface area (Å²) in [6, 6.07) is 3.53. The number of nitrogens with one attached hydrogen (secondary N) is 1. The van der Waals surface area contributed by atoms with Crippen LogP contribution in [-0.4, -0.2) is 46.1 Å². The normalized spacial score (nSPS) is 25.4. The number of hydrogen-bond donors (Lipinski definition) is 1. The van der Waals surface area contributed by atoms with Crippen molar-refractivity contribution in [3.8, 4) is 0 Å². The van der Waals surface area contributed by atoms with E-state index in [1.54, 1.807) is 24.5 Å². The smallest absolute Gasteiger partial charge is 0.273 e. The first kappa shape index (κ1) is 16.1. The monoisotopic (exact) mass is 342 g/mol. The van der Waals surface area contributed by atoms with Crippen molar-refractivity contribution < 1.29 is 14.4 Å². The molecule has 3 aliphatic rings. The highest BCUT2D eigenvalue weighted by Crippen LogP contribution is 2.36. The molecule has 1 spiro atoms. The van der Waals surface area contributed by atoms with Gasteiger partial charge in [0.05, 0.1) is 18.4 Å². The summed E-state index contributed by atoms with van der Waals surface area (Å²) in [7, 11) is 0. The lowest BCUT2D eigenvalue weighted by atomic mass is 9.87. The molecule has 1 N–H and O–H groups in total. The van der Waals surface area contributed by atoms with Crippen molar-refractivity contribution in [1.82, 2.24) is 9.88 Å². The lowest BCUT2D eigenvalue weighted by molar-refractivity contribution is -0.141.